The molecule has 0 spiro atoms. The fraction of sp³-hybridized carbons (Fsp3) is 0.455. The molecule has 1 heterocycles. The van der Waals surface area contributed by atoms with Gasteiger partial charge in [-0.1, -0.05) is 12.1 Å². The molecule has 0 aromatic heterocycles. The Morgan fingerprint density at radius 3 is 3.07 bits per heavy atom. The summed E-state index contributed by atoms with van der Waals surface area (Å²) in [5, 5.41) is 0. The topological polar surface area (TPSA) is 18.5 Å². The third-order valence-electron chi connectivity index (χ3n) is 2.34. The molecule has 0 amide bonds. The highest BCUT2D eigenvalue weighted by Crippen LogP contribution is 2.29. The molecule has 0 radical (unpaired) electrons. The molecule has 1 fully saturated rings. The van der Waals surface area contributed by atoms with Gasteiger partial charge in [0.05, 0.1) is 17.7 Å². The molecule has 0 saturated carbocycles. The summed E-state index contributed by atoms with van der Waals surface area (Å²) in [7, 11) is 0. The van der Waals surface area contributed by atoms with E-state index in [1.807, 2.05) is 12.1 Å². The van der Waals surface area contributed by atoms with Gasteiger partial charge in [0.25, 0.3) is 0 Å². The molecule has 1 saturated heterocycles. The van der Waals surface area contributed by atoms with Crippen LogP contribution >= 0.6 is 15.9 Å². The Hall–Kier alpha value is -0.540. The number of hydrogen-bond donors (Lipinski definition) is 0. The van der Waals surface area contributed by atoms with Gasteiger partial charge in [0.15, 0.2) is 0 Å². The molecule has 1 aromatic rings. The number of aryl methyl sites for hydroxylation is 1. The summed E-state index contributed by atoms with van der Waals surface area (Å²) in [4.78, 5) is 0. The van der Waals surface area contributed by atoms with E-state index in [0.717, 1.165) is 23.2 Å². The molecule has 1 aliphatic heterocycles. The van der Waals surface area contributed by atoms with Crippen LogP contribution in [0.4, 0.5) is 0 Å². The maximum Gasteiger partial charge on any atom is 0.134 e. The average molecular weight is 257 g/mol. The van der Waals surface area contributed by atoms with E-state index in [1.165, 1.54) is 5.56 Å². The lowest BCUT2D eigenvalue weighted by Crippen LogP contribution is -2.15. The third-order valence-corrected chi connectivity index (χ3v) is 3.35. The molecule has 76 valence electrons. The Labute approximate surface area is 92.3 Å². The first-order chi connectivity index (χ1) is 6.77. The van der Waals surface area contributed by atoms with Gasteiger partial charge >= 0.3 is 0 Å². The number of hydrogen-bond acceptors (Lipinski definition) is 2. The van der Waals surface area contributed by atoms with Gasteiger partial charge in [-0.25, -0.2) is 0 Å². The highest BCUT2D eigenvalue weighted by molar-refractivity contribution is 9.10. The van der Waals surface area contributed by atoms with Crippen molar-refractivity contribution in [3.05, 3.63) is 28.2 Å². The van der Waals surface area contributed by atoms with E-state index < -0.39 is 0 Å². The van der Waals surface area contributed by atoms with Crippen LogP contribution in [0.3, 0.4) is 0 Å². The minimum absolute atomic E-state index is 0.216. The van der Waals surface area contributed by atoms with E-state index in [1.54, 1.807) is 0 Å². The molecule has 1 atom stereocenters. The molecule has 0 unspecified atom stereocenters. The summed E-state index contributed by atoms with van der Waals surface area (Å²) < 4.78 is 12.1. The monoisotopic (exact) mass is 256 g/mol. The number of rotatable bonds is 2. The first-order valence-electron chi connectivity index (χ1n) is 4.77. The van der Waals surface area contributed by atoms with Gasteiger partial charge in [-0.05, 0) is 34.5 Å². The van der Waals surface area contributed by atoms with Crippen molar-refractivity contribution < 1.29 is 9.47 Å². The van der Waals surface area contributed by atoms with Gasteiger partial charge in [0, 0.05) is 6.42 Å². The first-order valence-corrected chi connectivity index (χ1v) is 5.56. The third kappa shape index (κ3) is 2.10. The van der Waals surface area contributed by atoms with Gasteiger partial charge in [0.2, 0.25) is 0 Å². The lowest BCUT2D eigenvalue weighted by molar-refractivity contribution is 0.141. The Morgan fingerprint density at radius 1 is 1.50 bits per heavy atom. The second-order valence-electron chi connectivity index (χ2n) is 3.49. The maximum absolute atomic E-state index is 5.82. The highest BCUT2D eigenvalue weighted by atomic mass is 79.9. The largest absolute Gasteiger partial charge is 0.487 e. The van der Waals surface area contributed by atoms with E-state index in [2.05, 4.69) is 28.9 Å². The first kappa shape index (κ1) is 9.99. The summed E-state index contributed by atoms with van der Waals surface area (Å²) >= 11 is 3.52. The van der Waals surface area contributed by atoms with Gasteiger partial charge in [-0.15, -0.1) is 0 Å². The van der Waals surface area contributed by atoms with Crippen LogP contribution < -0.4 is 4.74 Å². The number of halogens is 1. The molecular formula is C11H13BrO2. The predicted molar refractivity (Wildman–Crippen MR) is 58.7 cm³/mol. The van der Waals surface area contributed by atoms with Gasteiger partial charge in [-0.3, -0.25) is 0 Å². The maximum atomic E-state index is 5.82. The van der Waals surface area contributed by atoms with Crippen LogP contribution in [-0.4, -0.2) is 19.3 Å². The Morgan fingerprint density at radius 2 is 2.36 bits per heavy atom. The second-order valence-corrected chi connectivity index (χ2v) is 4.28. The molecule has 1 aromatic carbocycles. The molecular weight excluding hydrogens is 244 g/mol. The Bertz CT molecular complexity index is 319. The Kier molecular flexibility index (Phi) is 3.08. The van der Waals surface area contributed by atoms with E-state index in [4.69, 9.17) is 9.47 Å². The quantitative estimate of drug-likeness (QED) is 0.811. The van der Waals surface area contributed by atoms with Crippen molar-refractivity contribution in [3.63, 3.8) is 0 Å². The minimum Gasteiger partial charge on any atom is -0.487 e. The lowest BCUT2D eigenvalue weighted by Gasteiger charge is -2.14. The molecule has 14 heavy (non-hydrogen) atoms. The molecule has 0 N–H and O–H groups in total. The smallest absolute Gasteiger partial charge is 0.134 e. The van der Waals surface area contributed by atoms with Crippen LogP contribution in [0.1, 0.15) is 12.0 Å². The summed E-state index contributed by atoms with van der Waals surface area (Å²) in [6.45, 7) is 3.58. The van der Waals surface area contributed by atoms with Crippen LogP contribution in [0.2, 0.25) is 0 Å². The standard InChI is InChI=1S/C11H13BrO2/c1-8-3-2-4-10(11(8)12)14-9-5-6-13-7-9/h2-4,9H,5-7H2,1H3/t9-/m0/s1. The van der Waals surface area contributed by atoms with Crippen molar-refractivity contribution in [1.29, 1.82) is 0 Å². The fourth-order valence-corrected chi connectivity index (χ4v) is 1.85. The van der Waals surface area contributed by atoms with Crippen molar-refractivity contribution in [2.24, 2.45) is 0 Å². The van der Waals surface area contributed by atoms with E-state index in [0.29, 0.717) is 6.61 Å². The van der Waals surface area contributed by atoms with E-state index in [-0.39, 0.29) is 6.10 Å². The zero-order chi connectivity index (χ0) is 9.97. The number of benzene rings is 1. The molecule has 1 aliphatic rings. The van der Waals surface area contributed by atoms with Crippen LogP contribution in [0.15, 0.2) is 22.7 Å². The zero-order valence-electron chi connectivity index (χ0n) is 8.13. The zero-order valence-corrected chi connectivity index (χ0v) is 9.71. The van der Waals surface area contributed by atoms with Crippen molar-refractivity contribution in [1.82, 2.24) is 0 Å². The van der Waals surface area contributed by atoms with Crippen molar-refractivity contribution in [2.45, 2.75) is 19.4 Å². The van der Waals surface area contributed by atoms with E-state index >= 15 is 0 Å². The summed E-state index contributed by atoms with van der Waals surface area (Å²) in [5.41, 5.74) is 1.20. The van der Waals surface area contributed by atoms with Crippen LogP contribution in [0, 0.1) is 6.92 Å². The SMILES string of the molecule is Cc1cccc(O[C@H]2CCOC2)c1Br. The van der Waals surface area contributed by atoms with Crippen molar-refractivity contribution in [3.8, 4) is 5.75 Å². The lowest BCUT2D eigenvalue weighted by atomic mass is 10.2. The Balaban J connectivity index is 2.11. The van der Waals surface area contributed by atoms with Gasteiger partial charge in [-0.2, -0.15) is 0 Å². The molecule has 0 aliphatic carbocycles. The highest BCUT2D eigenvalue weighted by Gasteiger charge is 2.18. The van der Waals surface area contributed by atoms with Crippen LogP contribution in [0.5, 0.6) is 5.75 Å². The van der Waals surface area contributed by atoms with Crippen molar-refractivity contribution in [2.75, 3.05) is 13.2 Å². The number of ether oxygens (including phenoxy) is 2. The molecule has 3 heteroatoms. The average Bonchev–Trinajstić information content (AvgIpc) is 2.66. The summed E-state index contributed by atoms with van der Waals surface area (Å²) in [6.07, 6.45) is 1.20. The normalized spacial score (nSPS) is 21.1. The molecule has 2 rings (SSSR count). The second kappa shape index (κ2) is 4.32. The van der Waals surface area contributed by atoms with Crippen LogP contribution in [-0.2, 0) is 4.74 Å². The van der Waals surface area contributed by atoms with Gasteiger partial charge < -0.3 is 9.47 Å². The molecule has 0 bridgehead atoms. The summed E-state index contributed by atoms with van der Waals surface area (Å²) in [5.74, 6) is 0.917. The minimum atomic E-state index is 0.216. The molecule has 2 nitrogen and oxygen atoms in total. The predicted octanol–water partition coefficient (Wildman–Crippen LogP) is 2.93. The van der Waals surface area contributed by atoms with Gasteiger partial charge in [0.1, 0.15) is 11.9 Å². The summed E-state index contributed by atoms with van der Waals surface area (Å²) in [6, 6.07) is 6.04. The van der Waals surface area contributed by atoms with E-state index in [9.17, 15) is 0 Å². The van der Waals surface area contributed by atoms with Crippen molar-refractivity contribution >= 4 is 15.9 Å². The van der Waals surface area contributed by atoms with Crippen LogP contribution in [0.25, 0.3) is 0 Å². The fourth-order valence-electron chi connectivity index (χ4n) is 1.50.